The molecule has 0 aromatic heterocycles. The quantitative estimate of drug-likeness (QED) is 0.365. The molecule has 0 bridgehead atoms. The van der Waals surface area contributed by atoms with Gasteiger partial charge in [0.2, 0.25) is 0 Å². The van der Waals surface area contributed by atoms with Crippen molar-refractivity contribution in [3.05, 3.63) is 53.6 Å². The number of amidine groups is 1. The molecule has 2 aromatic carbocycles. The summed E-state index contributed by atoms with van der Waals surface area (Å²) in [6, 6.07) is 14.2. The van der Waals surface area contributed by atoms with Gasteiger partial charge in [-0.3, -0.25) is 5.41 Å². The van der Waals surface area contributed by atoms with Gasteiger partial charge in [0.15, 0.2) is 0 Å². The van der Waals surface area contributed by atoms with Crippen LogP contribution in [0.25, 0.3) is 0 Å². The summed E-state index contributed by atoms with van der Waals surface area (Å²) in [5, 5.41) is 8.84. The smallest absolute Gasteiger partial charge is 0.119 e. The van der Waals surface area contributed by atoms with Gasteiger partial charge in [-0.15, -0.1) is 0 Å². The number of likely N-dealkylation sites (N-methyl/N-ethyl adjacent to an activating group) is 1. The summed E-state index contributed by atoms with van der Waals surface area (Å²) in [7, 11) is 1.67. The zero-order valence-corrected chi connectivity index (χ0v) is 20.1. The normalized spacial score (nSPS) is 11.1. The van der Waals surface area contributed by atoms with E-state index < -0.39 is 0 Å². The van der Waals surface area contributed by atoms with E-state index in [2.05, 4.69) is 56.6 Å². The average Bonchev–Trinajstić information content (AvgIpc) is 2.75. The Labute approximate surface area is 188 Å². The molecule has 5 nitrogen and oxygen atoms in total. The molecule has 1 N–H and O–H groups in total. The van der Waals surface area contributed by atoms with E-state index >= 15 is 0 Å². The molecule has 0 aliphatic carbocycles. The lowest BCUT2D eigenvalue weighted by Crippen LogP contribution is -2.35. The van der Waals surface area contributed by atoms with Crippen molar-refractivity contribution >= 4 is 11.5 Å². The molecule has 2 rings (SSSR count). The highest BCUT2D eigenvalue weighted by Gasteiger charge is 2.17. The van der Waals surface area contributed by atoms with Gasteiger partial charge in [-0.25, -0.2) is 0 Å². The largest absolute Gasteiger partial charge is 0.497 e. The zero-order valence-electron chi connectivity index (χ0n) is 20.1. The number of aryl methyl sites for hydroxylation is 1. The summed E-state index contributed by atoms with van der Waals surface area (Å²) in [6.07, 6.45) is 0.561. The Bertz CT molecular complexity index is 831. The van der Waals surface area contributed by atoms with Crippen LogP contribution in [0.15, 0.2) is 42.5 Å². The number of nitrogens with one attached hydrogen (secondary N) is 1. The van der Waals surface area contributed by atoms with Gasteiger partial charge in [-0.2, -0.15) is 0 Å². The van der Waals surface area contributed by atoms with Gasteiger partial charge in [0, 0.05) is 25.2 Å². The van der Waals surface area contributed by atoms with Crippen molar-refractivity contribution in [3.63, 3.8) is 0 Å². The maximum atomic E-state index is 8.84. The number of ether oxygens (including phenoxy) is 2. The number of hydrogen-bond acceptors (Lipinski definition) is 4. The lowest BCUT2D eigenvalue weighted by atomic mass is 10.1. The average molecular weight is 426 g/mol. The molecule has 2 aromatic rings. The summed E-state index contributed by atoms with van der Waals surface area (Å²) in [5.41, 5.74) is 3.26. The molecule has 0 aliphatic heterocycles. The fourth-order valence-corrected chi connectivity index (χ4v) is 3.64. The Hall–Kier alpha value is -2.53. The van der Waals surface area contributed by atoms with Crippen molar-refractivity contribution in [2.24, 2.45) is 5.92 Å². The van der Waals surface area contributed by atoms with Crippen LogP contribution in [0.4, 0.5) is 5.69 Å². The van der Waals surface area contributed by atoms with Crippen LogP contribution in [-0.2, 0) is 6.42 Å². The highest BCUT2D eigenvalue weighted by Crippen LogP contribution is 2.27. The highest BCUT2D eigenvalue weighted by atomic mass is 16.5. The lowest BCUT2D eigenvalue weighted by molar-refractivity contribution is 0.223. The Balaban J connectivity index is 2.14. The van der Waals surface area contributed by atoms with E-state index in [0.717, 1.165) is 54.5 Å². The third-order valence-electron chi connectivity index (χ3n) is 5.41. The first-order valence-corrected chi connectivity index (χ1v) is 11.3. The standard InChI is InChI=1S/C26H39N3O2/c1-7-28(8-2)14-15-31-24-12-13-25(21(5)16-24)29(19-20(3)4)26(27)18-22-10-9-11-23(17-22)30-6/h9-13,16-17,20,27H,7-8,14-15,18-19H2,1-6H3. The second-order valence-corrected chi connectivity index (χ2v) is 8.30. The molecular formula is C26H39N3O2. The fourth-order valence-electron chi connectivity index (χ4n) is 3.64. The molecule has 0 amide bonds. The molecule has 31 heavy (non-hydrogen) atoms. The minimum atomic E-state index is 0.440. The molecule has 0 unspecified atom stereocenters. The number of hydrogen-bond donors (Lipinski definition) is 1. The predicted molar refractivity (Wildman–Crippen MR) is 131 cm³/mol. The summed E-state index contributed by atoms with van der Waals surface area (Å²) >= 11 is 0. The Morgan fingerprint density at radius 3 is 2.39 bits per heavy atom. The van der Waals surface area contributed by atoms with Crippen molar-refractivity contribution in [3.8, 4) is 11.5 Å². The molecule has 0 heterocycles. The third kappa shape index (κ3) is 7.59. The Morgan fingerprint density at radius 1 is 1.03 bits per heavy atom. The van der Waals surface area contributed by atoms with Gasteiger partial charge in [0.25, 0.3) is 0 Å². The fraction of sp³-hybridized carbons (Fsp3) is 0.500. The molecule has 0 saturated carbocycles. The highest BCUT2D eigenvalue weighted by molar-refractivity contribution is 5.97. The zero-order chi connectivity index (χ0) is 22.8. The number of nitrogens with zero attached hydrogens (tertiary/aromatic N) is 2. The molecular weight excluding hydrogens is 386 g/mol. The maximum absolute atomic E-state index is 8.84. The topological polar surface area (TPSA) is 48.8 Å². The first-order chi connectivity index (χ1) is 14.9. The SMILES string of the molecule is CCN(CC)CCOc1ccc(N(CC(C)C)C(=N)Cc2cccc(OC)c2)c(C)c1. The molecule has 0 atom stereocenters. The predicted octanol–water partition coefficient (Wildman–Crippen LogP) is 5.41. The molecule has 5 heteroatoms. The number of rotatable bonds is 12. The van der Waals surface area contributed by atoms with Crippen LogP contribution >= 0.6 is 0 Å². The van der Waals surface area contributed by atoms with E-state index in [9.17, 15) is 0 Å². The first kappa shape index (κ1) is 24.7. The van der Waals surface area contributed by atoms with E-state index in [1.165, 1.54) is 0 Å². The molecule has 0 saturated heterocycles. The lowest BCUT2D eigenvalue weighted by Gasteiger charge is -2.29. The molecule has 0 aliphatic rings. The Morgan fingerprint density at radius 2 is 1.77 bits per heavy atom. The van der Waals surface area contributed by atoms with E-state index in [4.69, 9.17) is 14.9 Å². The summed E-state index contributed by atoms with van der Waals surface area (Å²) in [4.78, 5) is 4.48. The van der Waals surface area contributed by atoms with Crippen molar-refractivity contribution < 1.29 is 9.47 Å². The van der Waals surface area contributed by atoms with Gasteiger partial charge >= 0.3 is 0 Å². The molecule has 0 spiro atoms. The number of methoxy groups -OCH3 is 1. The molecule has 0 fully saturated rings. The van der Waals surface area contributed by atoms with Crippen molar-refractivity contribution in [2.75, 3.05) is 44.8 Å². The Kier molecular flexibility index (Phi) is 9.86. The van der Waals surface area contributed by atoms with E-state index in [1.807, 2.05) is 30.3 Å². The third-order valence-corrected chi connectivity index (χ3v) is 5.41. The van der Waals surface area contributed by atoms with Crippen LogP contribution < -0.4 is 14.4 Å². The molecule has 0 radical (unpaired) electrons. The van der Waals surface area contributed by atoms with Gasteiger partial charge < -0.3 is 19.3 Å². The number of benzene rings is 2. The molecule has 170 valence electrons. The summed E-state index contributed by atoms with van der Waals surface area (Å²) in [6.45, 7) is 15.3. The van der Waals surface area contributed by atoms with Gasteiger partial charge in [0.05, 0.1) is 7.11 Å². The van der Waals surface area contributed by atoms with Crippen LogP contribution in [0.5, 0.6) is 11.5 Å². The summed E-state index contributed by atoms with van der Waals surface area (Å²) < 4.78 is 11.3. The minimum absolute atomic E-state index is 0.440. The van der Waals surface area contributed by atoms with Crippen molar-refractivity contribution in [1.82, 2.24) is 4.90 Å². The van der Waals surface area contributed by atoms with E-state index in [0.29, 0.717) is 24.8 Å². The van der Waals surface area contributed by atoms with E-state index in [-0.39, 0.29) is 0 Å². The summed E-state index contributed by atoms with van der Waals surface area (Å²) in [5.74, 6) is 2.73. The minimum Gasteiger partial charge on any atom is -0.497 e. The van der Waals surface area contributed by atoms with Crippen LogP contribution in [-0.4, -0.2) is 50.6 Å². The van der Waals surface area contributed by atoms with Crippen molar-refractivity contribution in [2.45, 2.75) is 41.0 Å². The monoisotopic (exact) mass is 425 g/mol. The second-order valence-electron chi connectivity index (χ2n) is 8.30. The van der Waals surface area contributed by atoms with Gasteiger partial charge in [0.1, 0.15) is 23.9 Å². The first-order valence-electron chi connectivity index (χ1n) is 11.3. The van der Waals surface area contributed by atoms with E-state index in [1.54, 1.807) is 7.11 Å². The van der Waals surface area contributed by atoms with Gasteiger partial charge in [-0.05, 0) is 67.4 Å². The van der Waals surface area contributed by atoms with Crippen LogP contribution in [0.3, 0.4) is 0 Å². The number of anilines is 1. The van der Waals surface area contributed by atoms with Crippen LogP contribution in [0.2, 0.25) is 0 Å². The van der Waals surface area contributed by atoms with Crippen LogP contribution in [0, 0.1) is 18.3 Å². The second kappa shape index (κ2) is 12.4. The maximum Gasteiger partial charge on any atom is 0.119 e. The van der Waals surface area contributed by atoms with Crippen molar-refractivity contribution in [1.29, 1.82) is 5.41 Å². The van der Waals surface area contributed by atoms with Crippen LogP contribution in [0.1, 0.15) is 38.8 Å². The van der Waals surface area contributed by atoms with Gasteiger partial charge in [-0.1, -0.05) is 39.8 Å².